The summed E-state index contributed by atoms with van der Waals surface area (Å²) in [5.74, 6) is 0.833. The quantitative estimate of drug-likeness (QED) is 0.563. The van der Waals surface area contributed by atoms with Crippen molar-refractivity contribution in [2.24, 2.45) is 5.73 Å². The molecule has 23 heavy (non-hydrogen) atoms. The average Bonchev–Trinajstić information content (AvgIpc) is 3.15. The number of hydrogen-bond donors (Lipinski definition) is 2. The fourth-order valence-corrected chi connectivity index (χ4v) is 3.46. The summed E-state index contributed by atoms with van der Waals surface area (Å²) in [4.78, 5) is 12.3. The summed E-state index contributed by atoms with van der Waals surface area (Å²) in [5, 5.41) is 0. The summed E-state index contributed by atoms with van der Waals surface area (Å²) in [5.41, 5.74) is 13.9. The Labute approximate surface area is 133 Å². The smallest absolute Gasteiger partial charge is 0.178 e. The second-order valence-electron chi connectivity index (χ2n) is 5.79. The number of H-pyrrole nitrogens is 1. The number of pyridine rings is 1. The first-order chi connectivity index (χ1) is 11.3. The molecular formula is C19H14N4. The fourth-order valence-electron chi connectivity index (χ4n) is 3.46. The molecule has 0 spiro atoms. The van der Waals surface area contributed by atoms with Gasteiger partial charge in [0.2, 0.25) is 0 Å². The van der Waals surface area contributed by atoms with Gasteiger partial charge >= 0.3 is 0 Å². The molecule has 5 rings (SSSR count). The number of nitrogens with two attached hydrogens (primary N) is 1. The number of rotatable bonds is 1. The normalized spacial score (nSPS) is 15.6. The maximum Gasteiger partial charge on any atom is 0.178 e. The molecule has 0 amide bonds. The van der Waals surface area contributed by atoms with Crippen molar-refractivity contribution in [3.8, 4) is 22.5 Å². The predicted molar refractivity (Wildman–Crippen MR) is 90.8 cm³/mol. The highest BCUT2D eigenvalue weighted by molar-refractivity contribution is 5.91. The standard InChI is InChI=1S/C19H14N4/c20-17-12-6-2-1-5-11(12)16-13(17)7-3-8-14(16)18-22-15-9-4-10-21-19(15)23-18/h1-10,17H,20H2,(H,21,22,23)/t17-/m1/s1. The van der Waals surface area contributed by atoms with Crippen LogP contribution in [0.15, 0.2) is 60.8 Å². The minimum atomic E-state index is -0.0800. The predicted octanol–water partition coefficient (Wildman–Crippen LogP) is 3.65. The second kappa shape index (κ2) is 4.51. The maximum atomic E-state index is 6.44. The van der Waals surface area contributed by atoms with E-state index in [-0.39, 0.29) is 6.04 Å². The van der Waals surface area contributed by atoms with Crippen LogP contribution in [-0.4, -0.2) is 15.0 Å². The van der Waals surface area contributed by atoms with Crippen LogP contribution in [0.1, 0.15) is 17.2 Å². The largest absolute Gasteiger partial charge is 0.337 e. The number of benzene rings is 2. The molecule has 0 saturated heterocycles. The molecule has 2 aromatic heterocycles. The van der Waals surface area contributed by atoms with E-state index in [1.807, 2.05) is 24.3 Å². The Kier molecular flexibility index (Phi) is 2.46. The van der Waals surface area contributed by atoms with Crippen molar-refractivity contribution < 1.29 is 0 Å². The molecule has 2 heterocycles. The highest BCUT2D eigenvalue weighted by atomic mass is 15.0. The minimum Gasteiger partial charge on any atom is -0.337 e. The second-order valence-corrected chi connectivity index (χ2v) is 5.79. The van der Waals surface area contributed by atoms with Crippen LogP contribution in [0, 0.1) is 0 Å². The lowest BCUT2D eigenvalue weighted by atomic mass is 9.99. The molecule has 4 aromatic rings. The molecule has 1 aliphatic carbocycles. The zero-order valence-electron chi connectivity index (χ0n) is 12.3. The molecule has 0 saturated carbocycles. The number of aromatic amines is 1. The molecule has 1 atom stereocenters. The number of imidazole rings is 1. The van der Waals surface area contributed by atoms with Crippen LogP contribution in [0.4, 0.5) is 0 Å². The van der Waals surface area contributed by atoms with Gasteiger partial charge in [-0.05, 0) is 34.4 Å². The van der Waals surface area contributed by atoms with E-state index in [1.54, 1.807) is 6.20 Å². The summed E-state index contributed by atoms with van der Waals surface area (Å²) in [6.07, 6.45) is 1.76. The molecule has 4 nitrogen and oxygen atoms in total. The third-order valence-corrected chi connectivity index (χ3v) is 4.51. The van der Waals surface area contributed by atoms with Crippen LogP contribution >= 0.6 is 0 Å². The number of hydrogen-bond acceptors (Lipinski definition) is 3. The van der Waals surface area contributed by atoms with Crippen LogP contribution < -0.4 is 5.73 Å². The van der Waals surface area contributed by atoms with Gasteiger partial charge in [-0.1, -0.05) is 42.5 Å². The van der Waals surface area contributed by atoms with Gasteiger partial charge in [0.05, 0.1) is 11.6 Å². The van der Waals surface area contributed by atoms with Crippen LogP contribution in [0.3, 0.4) is 0 Å². The molecule has 0 fully saturated rings. The maximum absolute atomic E-state index is 6.44. The molecule has 3 N–H and O–H groups in total. The van der Waals surface area contributed by atoms with E-state index < -0.39 is 0 Å². The van der Waals surface area contributed by atoms with E-state index >= 15 is 0 Å². The van der Waals surface area contributed by atoms with Crippen molar-refractivity contribution >= 4 is 11.2 Å². The molecule has 0 aliphatic heterocycles. The lowest BCUT2D eigenvalue weighted by Crippen LogP contribution is -2.07. The first-order valence-electron chi connectivity index (χ1n) is 7.62. The van der Waals surface area contributed by atoms with Crippen LogP contribution in [0.5, 0.6) is 0 Å². The van der Waals surface area contributed by atoms with Gasteiger partial charge < -0.3 is 10.7 Å². The molecule has 0 radical (unpaired) electrons. The van der Waals surface area contributed by atoms with Crippen molar-refractivity contribution in [3.05, 3.63) is 71.9 Å². The van der Waals surface area contributed by atoms with Crippen molar-refractivity contribution in [2.45, 2.75) is 6.04 Å². The molecule has 0 bridgehead atoms. The van der Waals surface area contributed by atoms with E-state index in [9.17, 15) is 0 Å². The van der Waals surface area contributed by atoms with Gasteiger partial charge in [0.25, 0.3) is 0 Å². The molecule has 110 valence electrons. The number of fused-ring (bicyclic) bond motifs is 4. The van der Waals surface area contributed by atoms with Gasteiger partial charge in [0.1, 0.15) is 5.82 Å². The van der Waals surface area contributed by atoms with Gasteiger partial charge in [0, 0.05) is 11.8 Å². The van der Waals surface area contributed by atoms with Gasteiger partial charge in [-0.15, -0.1) is 0 Å². The number of nitrogens with one attached hydrogen (secondary N) is 1. The van der Waals surface area contributed by atoms with Crippen LogP contribution in [0.2, 0.25) is 0 Å². The molecular weight excluding hydrogens is 284 g/mol. The number of aromatic nitrogens is 3. The first kappa shape index (κ1) is 12.6. The van der Waals surface area contributed by atoms with Crippen LogP contribution in [-0.2, 0) is 0 Å². The van der Waals surface area contributed by atoms with Gasteiger partial charge in [-0.25, -0.2) is 9.97 Å². The summed E-state index contributed by atoms with van der Waals surface area (Å²) in [6, 6.07) is 18.4. The SMILES string of the molecule is N[C@@H]1c2ccccc2-c2c(-c3nc4ncccc4[nH]3)cccc21. The Morgan fingerprint density at radius 2 is 1.70 bits per heavy atom. The topological polar surface area (TPSA) is 67.6 Å². The van der Waals surface area contributed by atoms with E-state index in [4.69, 9.17) is 5.73 Å². The van der Waals surface area contributed by atoms with Gasteiger partial charge in [0.15, 0.2) is 5.65 Å². The Morgan fingerprint density at radius 3 is 2.61 bits per heavy atom. The third kappa shape index (κ3) is 1.69. The monoisotopic (exact) mass is 298 g/mol. The Bertz CT molecular complexity index is 1020. The zero-order chi connectivity index (χ0) is 15.4. The van der Waals surface area contributed by atoms with Crippen molar-refractivity contribution in [1.82, 2.24) is 15.0 Å². The number of nitrogens with zero attached hydrogens (tertiary/aromatic N) is 2. The minimum absolute atomic E-state index is 0.0800. The molecule has 1 aliphatic rings. The summed E-state index contributed by atoms with van der Waals surface area (Å²) < 4.78 is 0. The third-order valence-electron chi connectivity index (χ3n) is 4.51. The lowest BCUT2D eigenvalue weighted by molar-refractivity contribution is 0.901. The molecule has 0 unspecified atom stereocenters. The highest BCUT2D eigenvalue weighted by Gasteiger charge is 2.28. The zero-order valence-corrected chi connectivity index (χ0v) is 12.3. The Balaban J connectivity index is 1.81. The van der Waals surface area contributed by atoms with Crippen LogP contribution in [0.25, 0.3) is 33.7 Å². The summed E-state index contributed by atoms with van der Waals surface area (Å²) in [7, 11) is 0. The molecule has 2 aromatic carbocycles. The summed E-state index contributed by atoms with van der Waals surface area (Å²) >= 11 is 0. The molecule has 4 heteroatoms. The van der Waals surface area contributed by atoms with Crippen molar-refractivity contribution in [2.75, 3.05) is 0 Å². The lowest BCUT2D eigenvalue weighted by Gasteiger charge is -2.08. The highest BCUT2D eigenvalue weighted by Crippen LogP contribution is 2.46. The Morgan fingerprint density at radius 1 is 0.870 bits per heavy atom. The first-order valence-corrected chi connectivity index (χ1v) is 7.62. The van der Waals surface area contributed by atoms with E-state index in [2.05, 4.69) is 45.3 Å². The van der Waals surface area contributed by atoms with Crippen molar-refractivity contribution in [3.63, 3.8) is 0 Å². The summed E-state index contributed by atoms with van der Waals surface area (Å²) in [6.45, 7) is 0. The van der Waals surface area contributed by atoms with Gasteiger partial charge in [-0.3, -0.25) is 0 Å². The van der Waals surface area contributed by atoms with E-state index in [0.717, 1.165) is 28.1 Å². The van der Waals surface area contributed by atoms with E-state index in [0.29, 0.717) is 0 Å². The van der Waals surface area contributed by atoms with E-state index in [1.165, 1.54) is 16.7 Å². The Hall–Kier alpha value is -2.98. The average molecular weight is 298 g/mol. The fraction of sp³-hybridized carbons (Fsp3) is 0.0526. The van der Waals surface area contributed by atoms with Crippen molar-refractivity contribution in [1.29, 1.82) is 0 Å². The van der Waals surface area contributed by atoms with Gasteiger partial charge in [-0.2, -0.15) is 0 Å².